The van der Waals surface area contributed by atoms with Crippen LogP contribution in [0.5, 0.6) is 0 Å². The van der Waals surface area contributed by atoms with Crippen molar-refractivity contribution in [2.24, 2.45) is 20.0 Å². The molecular weight excluding hydrogens is 520 g/mol. The topological polar surface area (TPSA) is 128 Å². The van der Waals surface area contributed by atoms with Crippen LogP contribution in [0.4, 0.5) is 0 Å². The molecule has 0 radical (unpaired) electrons. The Kier molecular flexibility index (Phi) is 9.08. The summed E-state index contributed by atoms with van der Waals surface area (Å²) in [6.07, 6.45) is 3.33. The fourth-order valence-corrected chi connectivity index (χ4v) is 4.88. The van der Waals surface area contributed by atoms with Crippen LogP contribution in [-0.2, 0) is 45.6 Å². The molecule has 0 aliphatic carbocycles. The quantitative estimate of drug-likeness (QED) is 0.297. The van der Waals surface area contributed by atoms with Crippen LogP contribution < -0.4 is 10.6 Å². The lowest BCUT2D eigenvalue weighted by Crippen LogP contribution is -2.41. The van der Waals surface area contributed by atoms with Gasteiger partial charge in [-0.1, -0.05) is 36.4 Å². The van der Waals surface area contributed by atoms with Crippen molar-refractivity contribution in [2.45, 2.75) is 44.4 Å². The summed E-state index contributed by atoms with van der Waals surface area (Å²) in [5.74, 6) is -0.307. The zero-order valence-corrected chi connectivity index (χ0v) is 22.7. The summed E-state index contributed by atoms with van der Waals surface area (Å²) in [5, 5.41) is 15.6. The highest BCUT2D eigenvalue weighted by Crippen LogP contribution is 2.23. The van der Waals surface area contributed by atoms with Crippen LogP contribution in [0.2, 0.25) is 0 Å². The number of carbonyl (C=O) groups is 4. The number of para-hydroxylation sites is 2. The first kappa shape index (κ1) is 28.0. The minimum atomic E-state index is -0.175. The van der Waals surface area contributed by atoms with E-state index in [1.54, 1.807) is 0 Å². The molecule has 204 valence electrons. The Labute approximate surface area is 230 Å². The molecule has 2 aliphatic rings. The Morgan fingerprint density at radius 2 is 1.28 bits per heavy atom. The Morgan fingerprint density at radius 3 is 1.79 bits per heavy atom. The van der Waals surface area contributed by atoms with Crippen LogP contribution >= 0.6 is 11.6 Å². The van der Waals surface area contributed by atoms with E-state index in [2.05, 4.69) is 20.8 Å². The SMILES string of the molecule is Cn1nc(CC2CCC(=O)NC2=O)c2ccccc21.Cn1nc(CCl)c2ccccc21.O=C1CCCC(=O)N1. The molecule has 2 aliphatic heterocycles. The van der Waals surface area contributed by atoms with Gasteiger partial charge in [0.25, 0.3) is 0 Å². The van der Waals surface area contributed by atoms with Crippen molar-refractivity contribution in [1.82, 2.24) is 30.2 Å². The normalized spacial score (nSPS) is 17.2. The average molecular weight is 551 g/mol. The number of fused-ring (bicyclic) bond motifs is 2. The highest BCUT2D eigenvalue weighted by Gasteiger charge is 2.28. The van der Waals surface area contributed by atoms with Gasteiger partial charge in [-0.2, -0.15) is 10.2 Å². The van der Waals surface area contributed by atoms with E-state index in [1.807, 2.05) is 72.0 Å². The van der Waals surface area contributed by atoms with Gasteiger partial charge in [0.2, 0.25) is 23.6 Å². The summed E-state index contributed by atoms with van der Waals surface area (Å²) in [6, 6.07) is 16.1. The van der Waals surface area contributed by atoms with Gasteiger partial charge in [0.15, 0.2) is 0 Å². The summed E-state index contributed by atoms with van der Waals surface area (Å²) in [6.45, 7) is 0. The Morgan fingerprint density at radius 1 is 0.769 bits per heavy atom. The molecule has 2 N–H and O–H groups in total. The molecule has 4 amide bonds. The van der Waals surface area contributed by atoms with E-state index in [4.69, 9.17) is 11.6 Å². The molecule has 2 saturated heterocycles. The third kappa shape index (κ3) is 6.88. The highest BCUT2D eigenvalue weighted by atomic mass is 35.5. The lowest BCUT2D eigenvalue weighted by Gasteiger charge is -2.19. The van der Waals surface area contributed by atoms with Gasteiger partial charge in [-0.3, -0.25) is 39.2 Å². The van der Waals surface area contributed by atoms with E-state index in [9.17, 15) is 19.2 Å². The van der Waals surface area contributed by atoms with Gasteiger partial charge in [-0.15, -0.1) is 11.6 Å². The summed E-state index contributed by atoms with van der Waals surface area (Å²) < 4.78 is 3.68. The van der Waals surface area contributed by atoms with Crippen molar-refractivity contribution < 1.29 is 19.2 Å². The number of benzene rings is 2. The average Bonchev–Trinajstić information content (AvgIpc) is 3.42. The number of imide groups is 2. The number of carbonyl (C=O) groups excluding carboxylic acids is 4. The third-order valence-corrected chi connectivity index (χ3v) is 6.93. The van der Waals surface area contributed by atoms with Crippen LogP contribution in [0, 0.1) is 5.92 Å². The Hall–Kier alpha value is -4.05. The van der Waals surface area contributed by atoms with E-state index in [1.165, 1.54) is 0 Å². The lowest BCUT2D eigenvalue weighted by atomic mass is 9.92. The molecule has 1 unspecified atom stereocenters. The van der Waals surface area contributed by atoms with Crippen molar-refractivity contribution >= 4 is 57.0 Å². The summed E-state index contributed by atoms with van der Waals surface area (Å²) in [5.41, 5.74) is 4.07. The van der Waals surface area contributed by atoms with Crippen molar-refractivity contribution in [3.8, 4) is 0 Å². The van der Waals surface area contributed by atoms with Crippen LogP contribution in [0.25, 0.3) is 21.8 Å². The Bertz CT molecular complexity index is 1510. The number of halogens is 1. The fourth-order valence-electron chi connectivity index (χ4n) is 4.68. The second kappa shape index (κ2) is 12.7. The molecule has 2 fully saturated rings. The molecule has 10 nitrogen and oxygen atoms in total. The van der Waals surface area contributed by atoms with Crippen molar-refractivity contribution in [3.63, 3.8) is 0 Å². The van der Waals surface area contributed by atoms with Gasteiger partial charge in [0.1, 0.15) is 0 Å². The zero-order chi connectivity index (χ0) is 27.9. The first-order valence-electron chi connectivity index (χ1n) is 12.8. The summed E-state index contributed by atoms with van der Waals surface area (Å²) >= 11 is 5.74. The predicted octanol–water partition coefficient (Wildman–Crippen LogP) is 3.29. The molecule has 4 heterocycles. The zero-order valence-electron chi connectivity index (χ0n) is 21.9. The van der Waals surface area contributed by atoms with Crippen LogP contribution in [0.3, 0.4) is 0 Å². The van der Waals surface area contributed by atoms with Gasteiger partial charge in [0.05, 0.1) is 28.3 Å². The molecule has 11 heteroatoms. The molecule has 1 atom stereocenters. The monoisotopic (exact) mass is 550 g/mol. The van der Waals surface area contributed by atoms with Crippen LogP contribution in [0.1, 0.15) is 43.5 Å². The minimum absolute atomic E-state index is 0.138. The van der Waals surface area contributed by atoms with Gasteiger partial charge in [-0.25, -0.2) is 0 Å². The molecular formula is C28H31ClN6O4. The number of aromatic nitrogens is 4. The van der Waals surface area contributed by atoms with Crippen molar-refractivity contribution in [3.05, 3.63) is 59.9 Å². The van der Waals surface area contributed by atoms with E-state index in [0.29, 0.717) is 44.4 Å². The maximum Gasteiger partial charge on any atom is 0.230 e. The maximum absolute atomic E-state index is 11.8. The maximum atomic E-state index is 11.8. The second-order valence-corrected chi connectivity index (χ2v) is 9.75. The van der Waals surface area contributed by atoms with Crippen LogP contribution in [-0.4, -0.2) is 43.2 Å². The number of nitrogens with zero attached hydrogens (tertiary/aromatic N) is 4. The summed E-state index contributed by atoms with van der Waals surface area (Å²) in [4.78, 5) is 43.6. The molecule has 4 aromatic rings. The molecule has 2 aromatic heterocycles. The fraction of sp³-hybridized carbons (Fsp3) is 0.357. The molecule has 39 heavy (non-hydrogen) atoms. The van der Waals surface area contributed by atoms with Gasteiger partial charge < -0.3 is 0 Å². The third-order valence-electron chi connectivity index (χ3n) is 6.67. The number of piperidine rings is 2. The number of aryl methyl sites for hydroxylation is 2. The van der Waals surface area contributed by atoms with Crippen LogP contribution in [0.15, 0.2) is 48.5 Å². The van der Waals surface area contributed by atoms with Crippen molar-refractivity contribution in [1.29, 1.82) is 0 Å². The van der Waals surface area contributed by atoms with E-state index in [-0.39, 0.29) is 29.5 Å². The van der Waals surface area contributed by atoms with Crippen molar-refractivity contribution in [2.75, 3.05) is 0 Å². The number of hydrogen-bond donors (Lipinski definition) is 2. The largest absolute Gasteiger partial charge is 0.296 e. The second-order valence-electron chi connectivity index (χ2n) is 9.49. The minimum Gasteiger partial charge on any atom is -0.296 e. The van der Waals surface area contributed by atoms with E-state index < -0.39 is 0 Å². The van der Waals surface area contributed by atoms with E-state index in [0.717, 1.165) is 33.2 Å². The molecule has 0 bridgehead atoms. The number of amides is 4. The highest BCUT2D eigenvalue weighted by molar-refractivity contribution is 6.17. The lowest BCUT2D eigenvalue weighted by molar-refractivity contribution is -0.137. The number of alkyl halides is 1. The first-order valence-corrected chi connectivity index (χ1v) is 13.3. The molecule has 0 spiro atoms. The molecule has 6 rings (SSSR count). The summed E-state index contributed by atoms with van der Waals surface area (Å²) in [7, 11) is 3.83. The van der Waals surface area contributed by atoms with Gasteiger partial charge in [-0.05, 0) is 25.0 Å². The first-order chi connectivity index (χ1) is 18.8. The molecule has 2 aromatic carbocycles. The van der Waals surface area contributed by atoms with Gasteiger partial charge in [0, 0.05) is 56.5 Å². The number of rotatable bonds is 3. The van der Waals surface area contributed by atoms with E-state index >= 15 is 0 Å². The Balaban J connectivity index is 0.000000150. The standard InChI is InChI=1S/C14H15N3O2.C9H9ClN2.C5H7NO2/c1-17-12-5-3-2-4-10(12)11(16-17)8-9-6-7-13(18)15-14(9)19;1-12-9-5-3-2-4-7(9)8(6-10)11-12;7-4-2-1-3-5(8)6-4/h2-5,9H,6-8H2,1H3,(H,15,18,19);2-5H,6H2,1H3;1-3H2,(H,6,7,8). The predicted molar refractivity (Wildman–Crippen MR) is 148 cm³/mol. The number of nitrogens with one attached hydrogen (secondary N) is 2. The van der Waals surface area contributed by atoms with Gasteiger partial charge >= 0.3 is 0 Å². The molecule has 0 saturated carbocycles. The smallest absolute Gasteiger partial charge is 0.230 e. The number of hydrogen-bond acceptors (Lipinski definition) is 6.